The first-order chi connectivity index (χ1) is 16.3. The Hall–Kier alpha value is -3.72. The monoisotopic (exact) mass is 431 g/mol. The van der Waals surface area contributed by atoms with Crippen molar-refractivity contribution in [2.75, 3.05) is 0 Å². The third kappa shape index (κ3) is 3.11. The van der Waals surface area contributed by atoms with Crippen molar-refractivity contribution in [3.63, 3.8) is 0 Å². The SMILES string of the molecule is O=C1c2c(c(-c3ccccc3)c3ccccc3c2-c2ccccc2)C(=O)N1C1CCCCC1. The first-order valence-corrected chi connectivity index (χ1v) is 11.8. The lowest BCUT2D eigenvalue weighted by atomic mass is 9.84. The minimum atomic E-state index is -0.135. The van der Waals surface area contributed by atoms with Gasteiger partial charge >= 0.3 is 0 Å². The van der Waals surface area contributed by atoms with Crippen LogP contribution in [0.3, 0.4) is 0 Å². The van der Waals surface area contributed by atoms with Crippen molar-refractivity contribution in [3.05, 3.63) is 96.1 Å². The highest BCUT2D eigenvalue weighted by atomic mass is 16.2. The fourth-order valence-electron chi connectivity index (χ4n) is 5.68. The molecule has 0 radical (unpaired) electrons. The molecule has 4 aromatic rings. The molecule has 0 atom stereocenters. The Morgan fingerprint density at radius 3 is 1.39 bits per heavy atom. The molecule has 1 aliphatic heterocycles. The molecule has 0 bridgehead atoms. The highest BCUT2D eigenvalue weighted by Gasteiger charge is 2.44. The first-order valence-electron chi connectivity index (χ1n) is 11.8. The Morgan fingerprint density at radius 1 is 0.515 bits per heavy atom. The van der Waals surface area contributed by atoms with Crippen LogP contribution in [0.5, 0.6) is 0 Å². The van der Waals surface area contributed by atoms with Crippen LogP contribution in [-0.2, 0) is 0 Å². The number of carbonyl (C=O) groups excluding carboxylic acids is 2. The van der Waals surface area contributed by atoms with Crippen molar-refractivity contribution < 1.29 is 9.59 Å². The Kier molecular flexibility index (Phi) is 4.83. The molecular weight excluding hydrogens is 406 g/mol. The molecule has 4 aromatic carbocycles. The molecule has 1 saturated carbocycles. The summed E-state index contributed by atoms with van der Waals surface area (Å²) in [5.41, 5.74) is 4.81. The van der Waals surface area contributed by atoms with E-state index in [0.29, 0.717) is 11.1 Å². The van der Waals surface area contributed by atoms with Gasteiger partial charge in [-0.05, 0) is 34.7 Å². The highest BCUT2D eigenvalue weighted by molar-refractivity contribution is 6.31. The van der Waals surface area contributed by atoms with E-state index in [0.717, 1.165) is 58.7 Å². The van der Waals surface area contributed by atoms with Crippen LogP contribution in [0.4, 0.5) is 0 Å². The second kappa shape index (κ2) is 8.00. The van der Waals surface area contributed by atoms with E-state index in [2.05, 4.69) is 12.1 Å². The summed E-state index contributed by atoms with van der Waals surface area (Å²) in [6.07, 6.45) is 5.10. The van der Waals surface area contributed by atoms with Gasteiger partial charge in [0.1, 0.15) is 0 Å². The van der Waals surface area contributed by atoms with Crippen molar-refractivity contribution in [1.29, 1.82) is 0 Å². The number of fused-ring (bicyclic) bond motifs is 2. The van der Waals surface area contributed by atoms with Crippen LogP contribution in [0.1, 0.15) is 52.8 Å². The lowest BCUT2D eigenvalue weighted by Gasteiger charge is -2.29. The lowest BCUT2D eigenvalue weighted by molar-refractivity contribution is 0.0549. The molecule has 3 nitrogen and oxygen atoms in total. The van der Waals surface area contributed by atoms with E-state index in [1.165, 1.54) is 6.42 Å². The van der Waals surface area contributed by atoms with E-state index in [1.807, 2.05) is 72.8 Å². The Bertz CT molecular complexity index is 1270. The van der Waals surface area contributed by atoms with Crippen LogP contribution >= 0.6 is 0 Å². The number of imide groups is 1. The quantitative estimate of drug-likeness (QED) is 0.324. The van der Waals surface area contributed by atoms with Crippen LogP contribution in [0, 0.1) is 0 Å². The lowest BCUT2D eigenvalue weighted by Crippen LogP contribution is -2.41. The van der Waals surface area contributed by atoms with Gasteiger partial charge in [-0.2, -0.15) is 0 Å². The zero-order chi connectivity index (χ0) is 22.4. The van der Waals surface area contributed by atoms with Gasteiger partial charge in [0.05, 0.1) is 11.1 Å². The summed E-state index contributed by atoms with van der Waals surface area (Å²) < 4.78 is 0. The summed E-state index contributed by atoms with van der Waals surface area (Å²) >= 11 is 0. The van der Waals surface area contributed by atoms with Crippen molar-refractivity contribution in [1.82, 2.24) is 4.90 Å². The molecule has 0 spiro atoms. The Morgan fingerprint density at radius 2 is 0.939 bits per heavy atom. The van der Waals surface area contributed by atoms with Crippen molar-refractivity contribution in [2.45, 2.75) is 38.1 Å². The van der Waals surface area contributed by atoms with E-state index in [4.69, 9.17) is 0 Å². The number of hydrogen-bond donors (Lipinski definition) is 0. The van der Waals surface area contributed by atoms with Gasteiger partial charge in [-0.3, -0.25) is 14.5 Å². The predicted octanol–water partition coefficient (Wildman–Crippen LogP) is 7.10. The molecule has 1 fully saturated rings. The number of amides is 2. The topological polar surface area (TPSA) is 37.4 Å². The fourth-order valence-corrected chi connectivity index (χ4v) is 5.68. The van der Waals surface area contributed by atoms with E-state index in [1.54, 1.807) is 4.90 Å². The van der Waals surface area contributed by atoms with Gasteiger partial charge in [0, 0.05) is 17.2 Å². The normalized spacial score (nSPS) is 16.4. The standard InChI is InChI=1S/C30H25NO2/c32-29-27-25(20-12-4-1-5-13-20)23-18-10-11-19-24(23)26(21-14-6-2-7-15-21)28(27)30(33)31(29)22-16-8-3-9-17-22/h1-2,4-7,10-15,18-19,22H,3,8-9,16-17H2. The number of nitrogens with zero attached hydrogens (tertiary/aromatic N) is 1. The van der Waals surface area contributed by atoms with Crippen molar-refractivity contribution in [2.24, 2.45) is 0 Å². The molecule has 162 valence electrons. The molecule has 2 aliphatic rings. The molecule has 3 heteroatoms. The van der Waals surface area contributed by atoms with Gasteiger partial charge in [0.2, 0.25) is 0 Å². The van der Waals surface area contributed by atoms with Gasteiger partial charge in [-0.15, -0.1) is 0 Å². The second-order valence-electron chi connectivity index (χ2n) is 9.05. The molecule has 0 unspecified atom stereocenters. The Balaban J connectivity index is 1.72. The zero-order valence-corrected chi connectivity index (χ0v) is 18.5. The number of hydrogen-bond acceptors (Lipinski definition) is 2. The van der Waals surface area contributed by atoms with Crippen LogP contribution in [0.15, 0.2) is 84.9 Å². The van der Waals surface area contributed by atoms with E-state index >= 15 is 0 Å². The van der Waals surface area contributed by atoms with Crippen LogP contribution in [-0.4, -0.2) is 22.8 Å². The summed E-state index contributed by atoms with van der Waals surface area (Å²) in [5, 5.41) is 2.01. The number of benzene rings is 4. The molecule has 0 saturated heterocycles. The zero-order valence-electron chi connectivity index (χ0n) is 18.5. The average molecular weight is 432 g/mol. The van der Waals surface area contributed by atoms with Crippen LogP contribution in [0.2, 0.25) is 0 Å². The molecule has 33 heavy (non-hydrogen) atoms. The minimum Gasteiger partial charge on any atom is -0.271 e. The molecule has 0 N–H and O–H groups in total. The van der Waals surface area contributed by atoms with Gasteiger partial charge in [-0.25, -0.2) is 0 Å². The largest absolute Gasteiger partial charge is 0.271 e. The summed E-state index contributed by atoms with van der Waals surface area (Å²) in [4.78, 5) is 29.7. The van der Waals surface area contributed by atoms with Crippen molar-refractivity contribution >= 4 is 22.6 Å². The first kappa shape index (κ1) is 19.9. The minimum absolute atomic E-state index is 0.0125. The maximum atomic E-state index is 14.0. The molecule has 1 aliphatic carbocycles. The molecular formula is C30H25NO2. The van der Waals surface area contributed by atoms with E-state index in [9.17, 15) is 9.59 Å². The maximum absolute atomic E-state index is 14.0. The average Bonchev–Trinajstić information content (AvgIpc) is 3.14. The summed E-state index contributed by atoms with van der Waals surface area (Å²) in [7, 11) is 0. The molecule has 1 heterocycles. The number of carbonyl (C=O) groups is 2. The van der Waals surface area contributed by atoms with Gasteiger partial charge < -0.3 is 0 Å². The van der Waals surface area contributed by atoms with E-state index in [-0.39, 0.29) is 17.9 Å². The Labute approximate surface area is 193 Å². The second-order valence-corrected chi connectivity index (χ2v) is 9.05. The molecule has 6 rings (SSSR count). The third-order valence-corrected chi connectivity index (χ3v) is 7.15. The maximum Gasteiger partial charge on any atom is 0.262 e. The molecule has 0 aromatic heterocycles. The molecule has 2 amide bonds. The van der Waals surface area contributed by atoms with Gasteiger partial charge in [0.15, 0.2) is 0 Å². The highest BCUT2D eigenvalue weighted by Crippen LogP contribution is 2.46. The fraction of sp³-hybridized carbons (Fsp3) is 0.200. The third-order valence-electron chi connectivity index (χ3n) is 7.15. The predicted molar refractivity (Wildman–Crippen MR) is 132 cm³/mol. The summed E-state index contributed by atoms with van der Waals surface area (Å²) in [5.74, 6) is -0.271. The van der Waals surface area contributed by atoms with Crippen LogP contribution in [0.25, 0.3) is 33.0 Å². The number of rotatable bonds is 3. The van der Waals surface area contributed by atoms with Crippen molar-refractivity contribution in [3.8, 4) is 22.3 Å². The van der Waals surface area contributed by atoms with Gasteiger partial charge in [-0.1, -0.05) is 104 Å². The summed E-state index contributed by atoms with van der Waals surface area (Å²) in [6.45, 7) is 0. The van der Waals surface area contributed by atoms with Crippen LogP contribution < -0.4 is 0 Å². The van der Waals surface area contributed by atoms with Gasteiger partial charge in [0.25, 0.3) is 11.8 Å². The smallest absolute Gasteiger partial charge is 0.262 e. The van der Waals surface area contributed by atoms with E-state index < -0.39 is 0 Å². The summed E-state index contributed by atoms with van der Waals surface area (Å²) in [6, 6.07) is 28.2.